The van der Waals surface area contributed by atoms with Gasteiger partial charge in [-0.05, 0) is 109 Å². The van der Waals surface area contributed by atoms with Gasteiger partial charge in [-0.25, -0.2) is 0 Å². The van der Waals surface area contributed by atoms with Gasteiger partial charge in [-0.15, -0.1) is 0 Å². The van der Waals surface area contributed by atoms with E-state index in [4.69, 9.17) is 4.42 Å². The Kier molecular flexibility index (Phi) is 7.31. The topological polar surface area (TPSA) is 21.3 Å². The van der Waals surface area contributed by atoms with Crippen LogP contribution >= 0.6 is 0 Å². The van der Waals surface area contributed by atoms with Crippen LogP contribution in [-0.4, -0.2) is 4.57 Å². The van der Waals surface area contributed by atoms with Crippen LogP contribution in [0.2, 0.25) is 0 Å². The molecule has 0 fully saturated rings. The van der Waals surface area contributed by atoms with Gasteiger partial charge in [0.1, 0.15) is 5.58 Å². The van der Waals surface area contributed by atoms with Crippen LogP contribution in [0.1, 0.15) is 0 Å². The predicted molar refractivity (Wildman–Crippen MR) is 258 cm³/mol. The largest absolute Gasteiger partial charge is 0.454 e. The molecule has 3 nitrogen and oxygen atoms in total. The number of aromatic nitrogens is 1. The molecule has 0 unspecified atom stereocenters. The first-order valence-electron chi connectivity index (χ1n) is 20.9. The van der Waals surface area contributed by atoms with Crippen LogP contribution in [0, 0.1) is 0 Å². The first-order valence-corrected chi connectivity index (χ1v) is 20.9. The number of nitrogens with zero attached hydrogens (tertiary/aromatic N) is 2. The molecule has 0 aliphatic heterocycles. The highest BCUT2D eigenvalue weighted by Gasteiger charge is 2.23. The minimum absolute atomic E-state index is 0.862. The second-order valence-corrected chi connectivity index (χ2v) is 16.0. The fraction of sp³-hybridized carbons (Fsp3) is 0. The second-order valence-electron chi connectivity index (χ2n) is 16.0. The van der Waals surface area contributed by atoms with Crippen LogP contribution < -0.4 is 4.90 Å². The Balaban J connectivity index is 1.07. The summed E-state index contributed by atoms with van der Waals surface area (Å²) in [4.78, 5) is 2.41. The highest BCUT2D eigenvalue weighted by molar-refractivity contribution is 6.26. The molecule has 0 aliphatic rings. The van der Waals surface area contributed by atoms with Crippen LogP contribution in [0.25, 0.3) is 104 Å². The number of benzene rings is 11. The molecule has 2 aromatic heterocycles. The van der Waals surface area contributed by atoms with Crippen molar-refractivity contribution in [2.75, 3.05) is 4.90 Å². The zero-order valence-electron chi connectivity index (χ0n) is 33.1. The average molecular weight is 777 g/mol. The fourth-order valence-electron chi connectivity index (χ4n) is 10.1. The van der Waals surface area contributed by atoms with E-state index in [1.54, 1.807) is 0 Å². The van der Waals surface area contributed by atoms with Crippen LogP contribution in [0.4, 0.5) is 17.1 Å². The molecule has 13 aromatic rings. The average Bonchev–Trinajstić information content (AvgIpc) is 3.88. The molecule has 13 rings (SSSR count). The molecular weight excluding hydrogens is 741 g/mol. The van der Waals surface area contributed by atoms with Crippen LogP contribution in [0.15, 0.2) is 223 Å². The summed E-state index contributed by atoms with van der Waals surface area (Å²) < 4.78 is 9.17. The van der Waals surface area contributed by atoms with Crippen molar-refractivity contribution in [3.63, 3.8) is 0 Å². The van der Waals surface area contributed by atoms with Crippen molar-refractivity contribution in [1.82, 2.24) is 4.57 Å². The second kappa shape index (κ2) is 13.2. The Labute approximate surface area is 351 Å². The van der Waals surface area contributed by atoms with Gasteiger partial charge in [0, 0.05) is 38.3 Å². The van der Waals surface area contributed by atoms with Gasteiger partial charge in [0.15, 0.2) is 5.58 Å². The quantitative estimate of drug-likeness (QED) is 0.162. The van der Waals surface area contributed by atoms with E-state index in [2.05, 4.69) is 222 Å². The van der Waals surface area contributed by atoms with E-state index in [9.17, 15) is 0 Å². The van der Waals surface area contributed by atoms with Gasteiger partial charge < -0.3 is 13.9 Å². The lowest BCUT2D eigenvalue weighted by Gasteiger charge is -2.28. The summed E-state index contributed by atoms with van der Waals surface area (Å²) in [5.74, 6) is 0. The summed E-state index contributed by atoms with van der Waals surface area (Å²) in [6.07, 6.45) is 0. The van der Waals surface area contributed by atoms with Crippen molar-refractivity contribution in [2.45, 2.75) is 0 Å². The SMILES string of the molecule is c1ccc(-n2c3ccccc3c3cc(-c4ccc(N(c5ccc6c7ccccc7c7ccccc7c6c5)c5cccc6c5oc5ccccc56)c5ccccc45)ccc32)cc1. The molecule has 0 bridgehead atoms. The summed E-state index contributed by atoms with van der Waals surface area (Å²) in [5.41, 5.74) is 10.8. The summed E-state index contributed by atoms with van der Waals surface area (Å²) >= 11 is 0. The first kappa shape index (κ1) is 33.8. The molecule has 284 valence electrons. The third-order valence-corrected chi connectivity index (χ3v) is 12.8. The first-order chi connectivity index (χ1) is 30.3. The van der Waals surface area contributed by atoms with E-state index in [0.717, 1.165) is 50.1 Å². The summed E-state index contributed by atoms with van der Waals surface area (Å²) in [6, 6.07) is 79.3. The minimum atomic E-state index is 0.862. The Morgan fingerprint density at radius 1 is 0.328 bits per heavy atom. The summed E-state index contributed by atoms with van der Waals surface area (Å²) in [6.45, 7) is 0. The van der Waals surface area contributed by atoms with Crippen LogP contribution in [-0.2, 0) is 0 Å². The van der Waals surface area contributed by atoms with Crippen molar-refractivity contribution in [2.24, 2.45) is 0 Å². The van der Waals surface area contributed by atoms with Crippen molar-refractivity contribution in [3.05, 3.63) is 218 Å². The van der Waals surface area contributed by atoms with Crippen LogP contribution in [0.3, 0.4) is 0 Å². The Bertz CT molecular complexity index is 3860. The molecule has 2 heterocycles. The smallest absolute Gasteiger partial charge is 0.159 e. The van der Waals surface area contributed by atoms with Gasteiger partial charge in [0.2, 0.25) is 0 Å². The molecule has 0 spiro atoms. The zero-order valence-corrected chi connectivity index (χ0v) is 33.1. The number of furan rings is 1. The number of hydrogen-bond acceptors (Lipinski definition) is 2. The Morgan fingerprint density at radius 2 is 0.918 bits per heavy atom. The van der Waals surface area contributed by atoms with Crippen molar-refractivity contribution >= 4 is 104 Å². The lowest BCUT2D eigenvalue weighted by molar-refractivity contribution is 0.669. The van der Waals surface area contributed by atoms with E-state index in [0.29, 0.717) is 0 Å². The Morgan fingerprint density at radius 3 is 1.69 bits per heavy atom. The number of rotatable bonds is 5. The molecule has 11 aromatic carbocycles. The summed E-state index contributed by atoms with van der Waals surface area (Å²) in [7, 11) is 0. The normalized spacial score (nSPS) is 11.9. The third kappa shape index (κ3) is 5.04. The van der Waals surface area contributed by atoms with Crippen molar-refractivity contribution < 1.29 is 4.42 Å². The van der Waals surface area contributed by atoms with E-state index in [1.165, 1.54) is 70.6 Å². The number of para-hydroxylation sites is 4. The van der Waals surface area contributed by atoms with Gasteiger partial charge in [-0.3, -0.25) is 0 Å². The maximum atomic E-state index is 6.79. The van der Waals surface area contributed by atoms with Gasteiger partial charge in [0.25, 0.3) is 0 Å². The van der Waals surface area contributed by atoms with E-state index < -0.39 is 0 Å². The number of fused-ring (bicyclic) bond motifs is 13. The molecule has 0 saturated heterocycles. The molecule has 0 radical (unpaired) electrons. The predicted octanol–water partition coefficient (Wildman–Crippen LogP) is 16.4. The maximum absolute atomic E-state index is 6.79. The van der Waals surface area contributed by atoms with Crippen molar-refractivity contribution in [3.8, 4) is 16.8 Å². The molecule has 0 atom stereocenters. The molecule has 0 saturated carbocycles. The molecule has 61 heavy (non-hydrogen) atoms. The fourth-order valence-corrected chi connectivity index (χ4v) is 10.1. The van der Waals surface area contributed by atoms with Gasteiger partial charge in [0.05, 0.1) is 22.4 Å². The molecule has 0 amide bonds. The molecule has 3 heteroatoms. The summed E-state index contributed by atoms with van der Waals surface area (Å²) in [5, 5.41) is 14.5. The molecule has 0 N–H and O–H groups in total. The monoisotopic (exact) mass is 776 g/mol. The lowest BCUT2D eigenvalue weighted by atomic mass is 9.93. The number of anilines is 3. The highest BCUT2D eigenvalue weighted by Crippen LogP contribution is 2.48. The third-order valence-electron chi connectivity index (χ3n) is 12.8. The minimum Gasteiger partial charge on any atom is -0.454 e. The molecule has 0 aliphatic carbocycles. The Hall–Kier alpha value is -8.14. The zero-order chi connectivity index (χ0) is 40.0. The van der Waals surface area contributed by atoms with E-state index in [-0.39, 0.29) is 0 Å². The maximum Gasteiger partial charge on any atom is 0.159 e. The highest BCUT2D eigenvalue weighted by atomic mass is 16.3. The van der Waals surface area contributed by atoms with E-state index in [1.807, 2.05) is 6.07 Å². The number of hydrogen-bond donors (Lipinski definition) is 0. The van der Waals surface area contributed by atoms with Gasteiger partial charge in [-0.1, -0.05) is 158 Å². The van der Waals surface area contributed by atoms with Crippen molar-refractivity contribution in [1.29, 1.82) is 0 Å². The van der Waals surface area contributed by atoms with Crippen LogP contribution in [0.5, 0.6) is 0 Å². The lowest BCUT2D eigenvalue weighted by Crippen LogP contribution is -2.11. The standard InChI is InChI=1S/C58H36N2O/c1-2-15-38(16-3-1)59-53-26-12-10-23-48(53)52-35-37(29-33-55(52)59)40-32-34-54(47-22-9-8-17-41(40)47)60(56-27-14-25-50-49-24-11-13-28-57(49)61-58(50)56)39-30-31-46-44-20-5-4-18-42(44)43-19-6-7-21-45(43)51(46)36-39/h1-36H. The molecular formula is C58H36N2O. The van der Waals surface area contributed by atoms with E-state index >= 15 is 0 Å². The van der Waals surface area contributed by atoms with Gasteiger partial charge in [-0.2, -0.15) is 0 Å². The van der Waals surface area contributed by atoms with Gasteiger partial charge >= 0.3 is 0 Å².